The number of amides is 1. The van der Waals surface area contributed by atoms with Crippen LogP contribution in [0.4, 0.5) is 5.69 Å². The summed E-state index contributed by atoms with van der Waals surface area (Å²) in [6.45, 7) is 1.87. The topological polar surface area (TPSA) is 68.5 Å². The van der Waals surface area contributed by atoms with Crippen LogP contribution in [0.1, 0.15) is 25.2 Å². The van der Waals surface area contributed by atoms with Gasteiger partial charge in [0.1, 0.15) is 17.5 Å². The first kappa shape index (κ1) is 17.0. The van der Waals surface area contributed by atoms with Crippen LogP contribution >= 0.6 is 0 Å². The van der Waals surface area contributed by atoms with E-state index < -0.39 is 6.04 Å². The molecule has 6 heteroatoms. The second-order valence-electron chi connectivity index (χ2n) is 6.32. The van der Waals surface area contributed by atoms with Gasteiger partial charge in [0, 0.05) is 18.3 Å². The minimum absolute atomic E-state index is 0.118. The second-order valence-corrected chi connectivity index (χ2v) is 6.32. The van der Waals surface area contributed by atoms with Crippen LogP contribution in [0.5, 0.6) is 5.75 Å². The summed E-state index contributed by atoms with van der Waals surface area (Å²) >= 11 is 0. The molecule has 0 spiro atoms. The van der Waals surface area contributed by atoms with Crippen molar-refractivity contribution in [1.82, 2.24) is 9.55 Å². The van der Waals surface area contributed by atoms with E-state index in [1.54, 1.807) is 7.11 Å². The SMILES string of the molecule is COc1ccc(NC(=O)C(C)n2c(C3=CCC=N3)nc3ccccc32)cc1. The molecule has 0 radical (unpaired) electrons. The van der Waals surface area contributed by atoms with E-state index in [9.17, 15) is 4.79 Å². The number of benzene rings is 2. The zero-order chi connectivity index (χ0) is 18.8. The summed E-state index contributed by atoms with van der Waals surface area (Å²) in [4.78, 5) is 22.1. The number of hydrogen-bond acceptors (Lipinski definition) is 4. The summed E-state index contributed by atoms with van der Waals surface area (Å²) in [6.07, 6.45) is 4.65. The monoisotopic (exact) mass is 360 g/mol. The molecule has 4 rings (SSSR count). The van der Waals surface area contributed by atoms with E-state index in [1.165, 1.54) is 0 Å². The molecule has 0 fully saturated rings. The van der Waals surface area contributed by atoms with Crippen LogP contribution in [-0.2, 0) is 4.79 Å². The van der Waals surface area contributed by atoms with Crippen molar-refractivity contribution in [1.29, 1.82) is 0 Å². The number of aliphatic imine (C=N–C) groups is 1. The number of ether oxygens (including phenoxy) is 1. The Morgan fingerprint density at radius 2 is 1.96 bits per heavy atom. The molecule has 27 heavy (non-hydrogen) atoms. The van der Waals surface area contributed by atoms with Gasteiger partial charge in [0.15, 0.2) is 5.82 Å². The van der Waals surface area contributed by atoms with Gasteiger partial charge in [0.05, 0.1) is 18.1 Å². The fraction of sp³-hybridized carbons (Fsp3) is 0.190. The first-order valence-corrected chi connectivity index (χ1v) is 8.82. The number of methoxy groups -OCH3 is 1. The zero-order valence-electron chi connectivity index (χ0n) is 15.2. The predicted molar refractivity (Wildman–Crippen MR) is 107 cm³/mol. The van der Waals surface area contributed by atoms with Crippen molar-refractivity contribution in [3.63, 3.8) is 0 Å². The molecule has 1 aliphatic heterocycles. The lowest BCUT2D eigenvalue weighted by atomic mass is 10.2. The lowest BCUT2D eigenvalue weighted by Gasteiger charge is -2.17. The first-order valence-electron chi connectivity index (χ1n) is 8.82. The molecular weight excluding hydrogens is 340 g/mol. The van der Waals surface area contributed by atoms with Gasteiger partial charge in [0.25, 0.3) is 0 Å². The minimum Gasteiger partial charge on any atom is -0.497 e. The molecule has 0 aliphatic carbocycles. The van der Waals surface area contributed by atoms with Gasteiger partial charge in [-0.05, 0) is 49.4 Å². The fourth-order valence-electron chi connectivity index (χ4n) is 3.17. The van der Waals surface area contributed by atoms with Crippen molar-refractivity contribution in [2.45, 2.75) is 19.4 Å². The normalized spacial score (nSPS) is 14.2. The fourth-order valence-corrected chi connectivity index (χ4v) is 3.17. The lowest BCUT2D eigenvalue weighted by Crippen LogP contribution is -2.24. The van der Waals surface area contributed by atoms with Crippen LogP contribution in [-0.4, -0.2) is 28.8 Å². The molecule has 136 valence electrons. The summed E-state index contributed by atoms with van der Waals surface area (Å²) in [5, 5.41) is 2.96. The van der Waals surface area contributed by atoms with Gasteiger partial charge >= 0.3 is 0 Å². The number of imidazole rings is 1. The molecule has 0 bridgehead atoms. The standard InChI is InChI=1S/C21H20N4O2/c1-14(21(26)23-15-9-11-16(27-2)12-10-15)25-19-8-4-3-6-17(19)24-20(25)18-7-5-13-22-18/h3-4,6-14H,5H2,1-2H3,(H,23,26). The summed E-state index contributed by atoms with van der Waals surface area (Å²) in [6, 6.07) is 14.6. The van der Waals surface area contributed by atoms with Crippen molar-refractivity contribution in [2.24, 2.45) is 4.99 Å². The summed E-state index contributed by atoms with van der Waals surface area (Å²) < 4.78 is 7.10. The number of anilines is 1. The van der Waals surface area contributed by atoms with E-state index in [2.05, 4.69) is 10.3 Å². The van der Waals surface area contributed by atoms with Crippen molar-refractivity contribution in [2.75, 3.05) is 12.4 Å². The molecule has 0 saturated carbocycles. The van der Waals surface area contributed by atoms with Crippen LogP contribution in [0.2, 0.25) is 0 Å². The van der Waals surface area contributed by atoms with E-state index >= 15 is 0 Å². The third kappa shape index (κ3) is 3.21. The average Bonchev–Trinajstić information content (AvgIpc) is 3.35. The summed E-state index contributed by atoms with van der Waals surface area (Å²) in [5.41, 5.74) is 3.28. The molecular formula is C21H20N4O2. The predicted octanol–water partition coefficient (Wildman–Crippen LogP) is 4.06. The molecule has 1 N–H and O–H groups in total. The van der Waals surface area contributed by atoms with Gasteiger partial charge in [-0.1, -0.05) is 12.1 Å². The Morgan fingerprint density at radius 1 is 1.19 bits per heavy atom. The molecule has 3 aromatic rings. The van der Waals surface area contributed by atoms with E-state index in [4.69, 9.17) is 9.72 Å². The first-order chi connectivity index (χ1) is 13.2. The highest BCUT2D eigenvalue weighted by molar-refractivity contribution is 5.95. The van der Waals surface area contributed by atoms with Crippen molar-refractivity contribution in [3.8, 4) is 5.75 Å². The third-order valence-corrected chi connectivity index (χ3v) is 4.60. The molecule has 1 unspecified atom stereocenters. The molecule has 2 aromatic carbocycles. The quantitative estimate of drug-likeness (QED) is 0.746. The highest BCUT2D eigenvalue weighted by Gasteiger charge is 2.24. The zero-order valence-corrected chi connectivity index (χ0v) is 15.2. The molecule has 1 aromatic heterocycles. The van der Waals surface area contributed by atoms with Gasteiger partial charge in [-0.15, -0.1) is 0 Å². The highest BCUT2D eigenvalue weighted by Crippen LogP contribution is 2.28. The van der Waals surface area contributed by atoms with Crippen molar-refractivity contribution >= 4 is 34.5 Å². The maximum absolute atomic E-state index is 12.9. The van der Waals surface area contributed by atoms with E-state index in [1.807, 2.05) is 72.3 Å². The number of nitrogens with one attached hydrogen (secondary N) is 1. The van der Waals surface area contributed by atoms with Gasteiger partial charge in [-0.25, -0.2) is 4.98 Å². The Balaban J connectivity index is 1.68. The molecule has 0 saturated heterocycles. The van der Waals surface area contributed by atoms with Crippen molar-refractivity contribution < 1.29 is 9.53 Å². The van der Waals surface area contributed by atoms with Gasteiger partial charge in [-0.3, -0.25) is 9.79 Å². The number of nitrogens with zero attached hydrogens (tertiary/aromatic N) is 3. The molecule has 1 atom stereocenters. The number of hydrogen-bond donors (Lipinski definition) is 1. The largest absolute Gasteiger partial charge is 0.497 e. The van der Waals surface area contributed by atoms with Crippen LogP contribution in [0.15, 0.2) is 59.6 Å². The average molecular weight is 360 g/mol. The Morgan fingerprint density at radius 3 is 2.67 bits per heavy atom. The molecule has 6 nitrogen and oxygen atoms in total. The second kappa shape index (κ2) is 7.07. The van der Waals surface area contributed by atoms with Gasteiger partial charge in [0.2, 0.25) is 5.91 Å². The van der Waals surface area contributed by atoms with Crippen LogP contribution in [0, 0.1) is 0 Å². The van der Waals surface area contributed by atoms with Crippen LogP contribution in [0.25, 0.3) is 16.7 Å². The summed E-state index contributed by atoms with van der Waals surface area (Å²) in [5.74, 6) is 1.34. The maximum Gasteiger partial charge on any atom is 0.247 e. The highest BCUT2D eigenvalue weighted by atomic mass is 16.5. The van der Waals surface area contributed by atoms with Gasteiger partial charge < -0.3 is 14.6 Å². The van der Waals surface area contributed by atoms with Crippen molar-refractivity contribution in [3.05, 3.63) is 60.4 Å². The van der Waals surface area contributed by atoms with Gasteiger partial charge in [-0.2, -0.15) is 0 Å². The number of rotatable bonds is 5. The molecule has 1 amide bonds. The number of para-hydroxylation sites is 2. The van der Waals surface area contributed by atoms with Crippen LogP contribution in [0.3, 0.4) is 0 Å². The smallest absolute Gasteiger partial charge is 0.247 e. The Bertz CT molecular complexity index is 1050. The number of carbonyl (C=O) groups is 1. The van der Waals surface area contributed by atoms with E-state index in [0.717, 1.165) is 34.6 Å². The Hall–Kier alpha value is -3.41. The molecule has 1 aliphatic rings. The number of aromatic nitrogens is 2. The minimum atomic E-state index is -0.453. The summed E-state index contributed by atoms with van der Waals surface area (Å²) in [7, 11) is 1.61. The number of carbonyl (C=O) groups excluding carboxylic acids is 1. The third-order valence-electron chi connectivity index (χ3n) is 4.60. The Labute approximate surface area is 157 Å². The van der Waals surface area contributed by atoms with E-state index in [0.29, 0.717) is 5.82 Å². The Kier molecular flexibility index (Phi) is 4.46. The number of fused-ring (bicyclic) bond motifs is 1. The maximum atomic E-state index is 12.9. The number of allylic oxidation sites excluding steroid dienone is 1. The van der Waals surface area contributed by atoms with E-state index in [-0.39, 0.29) is 5.91 Å². The van der Waals surface area contributed by atoms with Crippen LogP contribution < -0.4 is 10.1 Å². The lowest BCUT2D eigenvalue weighted by molar-refractivity contribution is -0.118. The molecule has 2 heterocycles.